The molecule has 31 heavy (non-hydrogen) atoms. The van der Waals surface area contributed by atoms with Gasteiger partial charge >= 0.3 is 10.9 Å². The van der Waals surface area contributed by atoms with Crippen LogP contribution in [-0.4, -0.2) is 5.97 Å². The van der Waals surface area contributed by atoms with E-state index in [1.807, 2.05) is 30.3 Å². The topological polar surface area (TPSA) is 56.5 Å². The Labute approximate surface area is 190 Å². The summed E-state index contributed by atoms with van der Waals surface area (Å²) in [5.41, 5.74) is 1.90. The molecule has 5 aromatic rings. The summed E-state index contributed by atoms with van der Waals surface area (Å²) in [5.74, 6) is -0.233. The maximum Gasteiger partial charge on any atom is 0.396 e. The molecular formula is C24H12Cl2O4S. The summed E-state index contributed by atoms with van der Waals surface area (Å²) < 4.78 is 11.6. The van der Waals surface area contributed by atoms with Crippen LogP contribution in [-0.2, 0) is 0 Å². The van der Waals surface area contributed by atoms with Gasteiger partial charge in [-0.2, -0.15) is 0 Å². The number of carbonyl (C=O) groups is 1. The molecule has 5 rings (SSSR count). The average Bonchev–Trinajstić information content (AvgIpc) is 3.14. The van der Waals surface area contributed by atoms with Gasteiger partial charge in [0.05, 0.1) is 10.3 Å². The first-order chi connectivity index (χ1) is 15.0. The minimum Gasteiger partial charge on any atom is -0.423 e. The van der Waals surface area contributed by atoms with E-state index in [0.717, 1.165) is 22.1 Å². The van der Waals surface area contributed by atoms with E-state index in [-0.39, 0.29) is 5.75 Å². The normalized spacial score (nSPS) is 11.2. The Morgan fingerprint density at radius 3 is 2.58 bits per heavy atom. The van der Waals surface area contributed by atoms with Gasteiger partial charge in [0.1, 0.15) is 5.75 Å². The lowest BCUT2D eigenvalue weighted by molar-refractivity contribution is 0.0737. The monoisotopic (exact) mass is 466 g/mol. The van der Waals surface area contributed by atoms with Gasteiger partial charge in [-0.25, -0.2) is 9.59 Å². The number of hydrogen-bond acceptors (Lipinski definition) is 5. The number of rotatable bonds is 3. The van der Waals surface area contributed by atoms with E-state index in [0.29, 0.717) is 37.0 Å². The summed E-state index contributed by atoms with van der Waals surface area (Å²) >= 11 is 13.4. The molecule has 1 heterocycles. The van der Waals surface area contributed by atoms with Gasteiger partial charge in [-0.1, -0.05) is 70.9 Å². The highest BCUT2D eigenvalue weighted by atomic mass is 35.5. The minimum atomic E-state index is -0.505. The molecule has 0 saturated heterocycles. The third-order valence-corrected chi connectivity index (χ3v) is 6.18. The van der Waals surface area contributed by atoms with Crippen molar-refractivity contribution in [3.63, 3.8) is 0 Å². The number of hydrogen-bond donors (Lipinski definition) is 0. The highest BCUT2D eigenvalue weighted by molar-refractivity contribution is 7.16. The molecule has 0 atom stereocenters. The van der Waals surface area contributed by atoms with Gasteiger partial charge in [-0.05, 0) is 41.1 Å². The number of esters is 1. The Morgan fingerprint density at radius 1 is 0.903 bits per heavy atom. The third-order valence-electron chi connectivity index (χ3n) is 4.85. The van der Waals surface area contributed by atoms with Crippen LogP contribution in [0.2, 0.25) is 10.0 Å². The average molecular weight is 467 g/mol. The van der Waals surface area contributed by atoms with Gasteiger partial charge in [-0.15, -0.1) is 0 Å². The molecule has 0 saturated carbocycles. The van der Waals surface area contributed by atoms with Gasteiger partial charge in [0.15, 0.2) is 5.58 Å². The van der Waals surface area contributed by atoms with Crippen LogP contribution in [0.25, 0.3) is 32.2 Å². The first-order valence-corrected chi connectivity index (χ1v) is 10.8. The van der Waals surface area contributed by atoms with E-state index in [1.165, 1.54) is 0 Å². The highest BCUT2D eigenvalue weighted by Crippen LogP contribution is 2.39. The van der Waals surface area contributed by atoms with Gasteiger partial charge in [-0.3, -0.25) is 0 Å². The largest absolute Gasteiger partial charge is 0.423 e. The number of ether oxygens (including phenoxy) is 1. The van der Waals surface area contributed by atoms with Crippen LogP contribution in [0.15, 0.2) is 82.0 Å². The molecule has 0 aliphatic rings. The molecule has 0 N–H and O–H groups in total. The lowest BCUT2D eigenvalue weighted by atomic mass is 10.0. The summed E-state index contributed by atoms with van der Waals surface area (Å²) in [7, 11) is 0. The van der Waals surface area contributed by atoms with E-state index in [1.54, 1.807) is 42.5 Å². The molecule has 0 amide bonds. The lowest BCUT2D eigenvalue weighted by Crippen LogP contribution is -2.09. The van der Waals surface area contributed by atoms with E-state index < -0.39 is 10.9 Å². The fraction of sp³-hybridized carbons (Fsp3) is 0. The Bertz CT molecular complexity index is 1530. The Morgan fingerprint density at radius 2 is 1.71 bits per heavy atom. The first-order valence-electron chi connectivity index (χ1n) is 9.23. The number of halogens is 2. The summed E-state index contributed by atoms with van der Waals surface area (Å²) in [6, 6.07) is 21.3. The molecule has 0 unspecified atom stereocenters. The van der Waals surface area contributed by atoms with Crippen molar-refractivity contribution in [2.75, 3.05) is 0 Å². The number of benzene rings is 4. The quantitative estimate of drug-likeness (QED) is 0.208. The van der Waals surface area contributed by atoms with Crippen LogP contribution in [0.5, 0.6) is 5.75 Å². The van der Waals surface area contributed by atoms with Gasteiger partial charge in [0.25, 0.3) is 0 Å². The molecule has 4 nitrogen and oxygen atoms in total. The molecule has 0 aliphatic heterocycles. The van der Waals surface area contributed by atoms with E-state index in [2.05, 4.69) is 0 Å². The van der Waals surface area contributed by atoms with Crippen molar-refractivity contribution in [1.82, 2.24) is 0 Å². The van der Waals surface area contributed by atoms with Crippen LogP contribution >= 0.6 is 34.5 Å². The second kappa shape index (κ2) is 7.85. The van der Waals surface area contributed by atoms with Crippen LogP contribution in [0.3, 0.4) is 0 Å². The number of carbonyl (C=O) groups excluding carboxylic acids is 1. The van der Waals surface area contributed by atoms with Gasteiger partial charge < -0.3 is 9.15 Å². The van der Waals surface area contributed by atoms with Crippen molar-refractivity contribution < 1.29 is 13.9 Å². The van der Waals surface area contributed by atoms with E-state index in [4.69, 9.17) is 32.4 Å². The lowest BCUT2D eigenvalue weighted by Gasteiger charge is -2.10. The van der Waals surface area contributed by atoms with Crippen molar-refractivity contribution in [2.45, 2.75) is 0 Å². The Kier molecular flexibility index (Phi) is 5.02. The highest BCUT2D eigenvalue weighted by Gasteiger charge is 2.18. The van der Waals surface area contributed by atoms with Crippen molar-refractivity contribution in [3.05, 3.63) is 98.1 Å². The maximum atomic E-state index is 13.0. The predicted molar refractivity (Wildman–Crippen MR) is 125 cm³/mol. The van der Waals surface area contributed by atoms with Crippen LogP contribution in [0, 0.1) is 0 Å². The molecular weight excluding hydrogens is 455 g/mol. The van der Waals surface area contributed by atoms with Crippen molar-refractivity contribution in [2.24, 2.45) is 0 Å². The minimum absolute atomic E-state index is 0.272. The molecule has 1 aromatic heterocycles. The summed E-state index contributed by atoms with van der Waals surface area (Å²) in [6.07, 6.45) is 0. The Hall–Kier alpha value is -3.12. The SMILES string of the molecule is O=C(Oc1cc(-c2cc(Cl)ccc2Cl)c2oc(=O)sc2c1)c1cccc2ccccc12. The molecule has 0 fully saturated rings. The molecule has 0 bridgehead atoms. The zero-order valence-electron chi connectivity index (χ0n) is 15.7. The summed E-state index contributed by atoms with van der Waals surface area (Å²) in [6.45, 7) is 0. The molecule has 0 radical (unpaired) electrons. The fourth-order valence-electron chi connectivity index (χ4n) is 3.48. The third kappa shape index (κ3) is 3.72. The van der Waals surface area contributed by atoms with Crippen LogP contribution in [0.1, 0.15) is 10.4 Å². The van der Waals surface area contributed by atoms with Crippen molar-refractivity contribution >= 4 is 61.6 Å². The first kappa shape index (κ1) is 19.8. The van der Waals surface area contributed by atoms with E-state index >= 15 is 0 Å². The standard InChI is InChI=1S/C24H12Cl2O4S/c25-14-8-9-20(26)18(10-14)19-11-15(12-21-22(19)30-24(28)31-21)29-23(27)17-7-3-5-13-4-1-2-6-16(13)17/h1-12H. The van der Waals surface area contributed by atoms with Crippen molar-refractivity contribution in [3.8, 4) is 16.9 Å². The molecule has 4 aromatic carbocycles. The zero-order valence-corrected chi connectivity index (χ0v) is 18.1. The predicted octanol–water partition coefficient (Wildman–Crippen LogP) is 7.20. The summed E-state index contributed by atoms with van der Waals surface area (Å²) in [4.78, 5) is 24.4. The van der Waals surface area contributed by atoms with Gasteiger partial charge in [0, 0.05) is 27.2 Å². The van der Waals surface area contributed by atoms with E-state index in [9.17, 15) is 9.59 Å². The molecule has 152 valence electrons. The molecule has 7 heteroatoms. The smallest absolute Gasteiger partial charge is 0.396 e. The molecule has 0 aliphatic carbocycles. The maximum absolute atomic E-state index is 13.0. The fourth-order valence-corrected chi connectivity index (χ4v) is 4.60. The van der Waals surface area contributed by atoms with Gasteiger partial charge in [0.2, 0.25) is 0 Å². The summed E-state index contributed by atoms with van der Waals surface area (Å²) in [5, 5.41) is 2.63. The second-order valence-corrected chi connectivity index (χ2v) is 8.61. The van der Waals surface area contributed by atoms with Crippen molar-refractivity contribution in [1.29, 1.82) is 0 Å². The molecule has 0 spiro atoms. The zero-order chi connectivity index (χ0) is 21.5. The Balaban J connectivity index is 1.63. The van der Waals surface area contributed by atoms with Crippen LogP contribution in [0.4, 0.5) is 0 Å². The number of fused-ring (bicyclic) bond motifs is 2. The van der Waals surface area contributed by atoms with Crippen LogP contribution < -0.4 is 9.68 Å². The second-order valence-electron chi connectivity index (χ2n) is 6.79.